The minimum atomic E-state index is -2.39. The largest absolute Gasteiger partial charge is 0.314 e. The van der Waals surface area contributed by atoms with E-state index in [4.69, 9.17) is 0 Å². The van der Waals surface area contributed by atoms with Crippen molar-refractivity contribution in [3.63, 3.8) is 0 Å². The van der Waals surface area contributed by atoms with Crippen molar-refractivity contribution in [3.8, 4) is 0 Å². The van der Waals surface area contributed by atoms with Gasteiger partial charge in [-0.15, -0.1) is 0 Å². The molecule has 1 unspecified atom stereocenters. The van der Waals surface area contributed by atoms with Crippen LogP contribution in [0.4, 0.5) is 8.78 Å². The topological polar surface area (TPSA) is 12.0 Å². The normalized spacial score (nSPS) is 20.8. The Kier molecular flexibility index (Phi) is 4.51. The van der Waals surface area contributed by atoms with Crippen LogP contribution in [0.25, 0.3) is 0 Å². The molecule has 1 aliphatic heterocycles. The summed E-state index contributed by atoms with van der Waals surface area (Å²) >= 11 is 3.34. The van der Waals surface area contributed by atoms with Gasteiger partial charge in [-0.1, -0.05) is 28.4 Å². The van der Waals surface area contributed by atoms with E-state index in [-0.39, 0.29) is 5.56 Å². The van der Waals surface area contributed by atoms with E-state index in [1.54, 1.807) is 6.07 Å². The average Bonchev–Trinajstić information content (AvgIpc) is 2.30. The Morgan fingerprint density at radius 1 is 1.35 bits per heavy atom. The number of alkyl halides is 2. The molecular formula is C13H16BrF2N. The zero-order chi connectivity index (χ0) is 12.3. The molecule has 1 nitrogen and oxygen atoms in total. The Morgan fingerprint density at radius 2 is 2.18 bits per heavy atom. The fraction of sp³-hybridized carbons (Fsp3) is 0.538. The van der Waals surface area contributed by atoms with Gasteiger partial charge in [0.25, 0.3) is 6.43 Å². The second-order valence-corrected chi connectivity index (χ2v) is 5.41. The molecule has 1 fully saturated rings. The molecule has 1 aromatic rings. The third-order valence-corrected chi connectivity index (χ3v) is 3.71. The number of rotatable bonds is 3. The first-order valence-electron chi connectivity index (χ1n) is 5.96. The third kappa shape index (κ3) is 3.49. The van der Waals surface area contributed by atoms with E-state index in [2.05, 4.69) is 21.2 Å². The van der Waals surface area contributed by atoms with Crippen LogP contribution in [0.3, 0.4) is 0 Å². The monoisotopic (exact) mass is 303 g/mol. The van der Waals surface area contributed by atoms with E-state index in [0.717, 1.165) is 23.0 Å². The van der Waals surface area contributed by atoms with Crippen LogP contribution in [0.15, 0.2) is 22.7 Å². The van der Waals surface area contributed by atoms with E-state index in [1.807, 2.05) is 6.07 Å². The molecular weight excluding hydrogens is 288 g/mol. The van der Waals surface area contributed by atoms with Crippen molar-refractivity contribution < 1.29 is 8.78 Å². The molecule has 0 amide bonds. The minimum absolute atomic E-state index is 0.167. The second-order valence-electron chi connectivity index (χ2n) is 4.49. The lowest BCUT2D eigenvalue weighted by molar-refractivity contribution is 0.150. The van der Waals surface area contributed by atoms with Crippen molar-refractivity contribution in [2.24, 2.45) is 0 Å². The molecule has 0 bridgehead atoms. The van der Waals surface area contributed by atoms with E-state index in [9.17, 15) is 8.78 Å². The SMILES string of the molecule is FC(F)c1ccc(Br)cc1CC1CCCCN1. The van der Waals surface area contributed by atoms with Crippen molar-refractivity contribution in [2.45, 2.75) is 38.2 Å². The van der Waals surface area contributed by atoms with Crippen LogP contribution in [0.1, 0.15) is 36.8 Å². The highest BCUT2D eigenvalue weighted by atomic mass is 79.9. The second kappa shape index (κ2) is 5.91. The molecule has 0 aliphatic carbocycles. The van der Waals surface area contributed by atoms with Gasteiger partial charge < -0.3 is 5.32 Å². The van der Waals surface area contributed by atoms with Gasteiger partial charge in [-0.25, -0.2) is 8.78 Å². The van der Waals surface area contributed by atoms with Crippen molar-refractivity contribution in [2.75, 3.05) is 6.54 Å². The highest BCUT2D eigenvalue weighted by molar-refractivity contribution is 9.10. The van der Waals surface area contributed by atoms with E-state index >= 15 is 0 Å². The molecule has 1 atom stereocenters. The summed E-state index contributed by atoms with van der Waals surface area (Å²) in [7, 11) is 0. The predicted molar refractivity (Wildman–Crippen MR) is 68.4 cm³/mol. The molecule has 0 radical (unpaired) electrons. The number of piperidine rings is 1. The first-order chi connectivity index (χ1) is 8.16. The highest BCUT2D eigenvalue weighted by Crippen LogP contribution is 2.27. The molecule has 0 aromatic heterocycles. The van der Waals surface area contributed by atoms with Crippen LogP contribution in [0.5, 0.6) is 0 Å². The summed E-state index contributed by atoms with van der Waals surface area (Å²) in [6, 6.07) is 5.36. The Balaban J connectivity index is 2.14. The molecule has 1 heterocycles. The maximum Gasteiger partial charge on any atom is 0.264 e. The first-order valence-corrected chi connectivity index (χ1v) is 6.76. The van der Waals surface area contributed by atoms with Gasteiger partial charge in [0.15, 0.2) is 0 Å². The van der Waals surface area contributed by atoms with Crippen LogP contribution in [-0.2, 0) is 6.42 Å². The fourth-order valence-corrected chi connectivity index (χ4v) is 2.74. The van der Waals surface area contributed by atoms with E-state index in [0.29, 0.717) is 12.5 Å². The lowest BCUT2D eigenvalue weighted by Gasteiger charge is -2.24. The number of hydrogen-bond donors (Lipinski definition) is 1. The van der Waals surface area contributed by atoms with Gasteiger partial charge >= 0.3 is 0 Å². The summed E-state index contributed by atoms with van der Waals surface area (Å²) in [5.74, 6) is 0. The van der Waals surface area contributed by atoms with Gasteiger partial charge in [-0.2, -0.15) is 0 Å². The molecule has 1 saturated heterocycles. The van der Waals surface area contributed by atoms with Crippen molar-refractivity contribution in [3.05, 3.63) is 33.8 Å². The number of hydrogen-bond acceptors (Lipinski definition) is 1. The maximum absolute atomic E-state index is 12.9. The molecule has 1 aromatic carbocycles. The summed E-state index contributed by atoms with van der Waals surface area (Å²) in [6.07, 6.45) is 1.77. The smallest absolute Gasteiger partial charge is 0.264 e. The molecule has 0 spiro atoms. The van der Waals surface area contributed by atoms with Gasteiger partial charge in [0.05, 0.1) is 0 Å². The number of halogens is 3. The zero-order valence-electron chi connectivity index (χ0n) is 9.56. The van der Waals surface area contributed by atoms with Crippen molar-refractivity contribution >= 4 is 15.9 Å². The fourth-order valence-electron chi connectivity index (χ4n) is 2.33. The van der Waals surface area contributed by atoms with Crippen molar-refractivity contribution in [1.82, 2.24) is 5.32 Å². The van der Waals surface area contributed by atoms with Crippen LogP contribution in [-0.4, -0.2) is 12.6 Å². The first kappa shape index (κ1) is 13.0. The molecule has 17 heavy (non-hydrogen) atoms. The average molecular weight is 304 g/mol. The van der Waals surface area contributed by atoms with Gasteiger partial charge in [0.2, 0.25) is 0 Å². The standard InChI is InChI=1S/C13H16BrF2N/c14-10-4-5-12(13(15)16)9(7-10)8-11-3-1-2-6-17-11/h4-5,7,11,13,17H,1-3,6,8H2. The summed E-state index contributed by atoms with van der Waals surface area (Å²) < 4.78 is 26.6. The lowest BCUT2D eigenvalue weighted by Crippen LogP contribution is -2.35. The molecule has 94 valence electrons. The molecule has 1 N–H and O–H groups in total. The Labute approximate surface area is 109 Å². The summed E-state index contributed by atoms with van der Waals surface area (Å²) in [6.45, 7) is 1.00. The van der Waals surface area contributed by atoms with E-state index in [1.165, 1.54) is 18.9 Å². The molecule has 1 aliphatic rings. The number of benzene rings is 1. The predicted octanol–water partition coefficient (Wildman–Crippen LogP) is 4.07. The van der Waals surface area contributed by atoms with Crippen molar-refractivity contribution in [1.29, 1.82) is 0 Å². The zero-order valence-corrected chi connectivity index (χ0v) is 11.1. The third-order valence-electron chi connectivity index (χ3n) is 3.22. The lowest BCUT2D eigenvalue weighted by atomic mass is 9.95. The Hall–Kier alpha value is -0.480. The molecule has 4 heteroatoms. The van der Waals surface area contributed by atoms with Crippen LogP contribution in [0, 0.1) is 0 Å². The van der Waals surface area contributed by atoms with Gasteiger partial charge in [0, 0.05) is 16.1 Å². The van der Waals surface area contributed by atoms with Crippen LogP contribution < -0.4 is 5.32 Å². The summed E-state index contributed by atoms with van der Waals surface area (Å²) in [4.78, 5) is 0. The van der Waals surface area contributed by atoms with Gasteiger partial charge in [-0.3, -0.25) is 0 Å². The van der Waals surface area contributed by atoms with Crippen LogP contribution in [0.2, 0.25) is 0 Å². The quantitative estimate of drug-likeness (QED) is 0.887. The van der Waals surface area contributed by atoms with Gasteiger partial charge in [0.1, 0.15) is 0 Å². The maximum atomic E-state index is 12.9. The molecule has 2 rings (SSSR count). The Morgan fingerprint density at radius 3 is 2.82 bits per heavy atom. The highest BCUT2D eigenvalue weighted by Gasteiger charge is 2.18. The van der Waals surface area contributed by atoms with E-state index < -0.39 is 6.43 Å². The van der Waals surface area contributed by atoms with Gasteiger partial charge in [-0.05, 0) is 43.5 Å². The Bertz CT molecular complexity index is 376. The minimum Gasteiger partial charge on any atom is -0.314 e. The number of nitrogens with one attached hydrogen (secondary N) is 1. The summed E-state index contributed by atoms with van der Waals surface area (Å²) in [5, 5.41) is 3.39. The van der Waals surface area contributed by atoms with Crippen LogP contribution >= 0.6 is 15.9 Å². The molecule has 0 saturated carbocycles. The summed E-state index contributed by atoms with van der Waals surface area (Å²) in [5.41, 5.74) is 0.925.